The predicted molar refractivity (Wildman–Crippen MR) is 95.1 cm³/mol. The minimum atomic E-state index is -0.202. The summed E-state index contributed by atoms with van der Waals surface area (Å²) in [5.41, 5.74) is 1.54. The smallest absolute Gasteiger partial charge is 0.269 e. The Morgan fingerprint density at radius 2 is 2.12 bits per heavy atom. The first-order chi connectivity index (χ1) is 12.1. The lowest BCUT2D eigenvalue weighted by Gasteiger charge is -2.26. The Balaban J connectivity index is 1.60. The van der Waals surface area contributed by atoms with Gasteiger partial charge in [-0.1, -0.05) is 26.0 Å². The third-order valence-corrected chi connectivity index (χ3v) is 4.04. The molecule has 0 aliphatic carbocycles. The molecule has 1 aromatic heterocycles. The Hall–Kier alpha value is -2.50. The molecule has 25 heavy (non-hydrogen) atoms. The maximum Gasteiger partial charge on any atom is 0.269 e. The number of para-hydroxylation sites is 2. The number of carbonyl (C=O) groups excluding carboxylic acids is 1. The Morgan fingerprint density at radius 3 is 2.84 bits per heavy atom. The van der Waals surface area contributed by atoms with Crippen molar-refractivity contribution >= 4 is 5.91 Å². The van der Waals surface area contributed by atoms with Crippen molar-refractivity contribution in [1.29, 1.82) is 0 Å². The first kappa shape index (κ1) is 17.3. The maximum absolute atomic E-state index is 12.5. The van der Waals surface area contributed by atoms with E-state index < -0.39 is 0 Å². The van der Waals surface area contributed by atoms with Gasteiger partial charge >= 0.3 is 0 Å². The molecule has 1 atom stereocenters. The van der Waals surface area contributed by atoms with E-state index in [9.17, 15) is 4.79 Å². The van der Waals surface area contributed by atoms with Crippen molar-refractivity contribution in [1.82, 2.24) is 15.1 Å². The number of hydrogen-bond acceptors (Lipinski definition) is 4. The van der Waals surface area contributed by atoms with Crippen LogP contribution in [0.4, 0.5) is 0 Å². The molecule has 0 bridgehead atoms. The van der Waals surface area contributed by atoms with Gasteiger partial charge in [0, 0.05) is 6.54 Å². The second-order valence-electron chi connectivity index (χ2n) is 6.64. The van der Waals surface area contributed by atoms with Gasteiger partial charge in [-0.15, -0.1) is 0 Å². The summed E-state index contributed by atoms with van der Waals surface area (Å²) in [5, 5.41) is 7.45. The minimum Gasteiger partial charge on any atom is -0.486 e. The molecule has 6 nitrogen and oxygen atoms in total. The number of fused-ring (bicyclic) bond motifs is 1. The molecule has 1 amide bonds. The van der Waals surface area contributed by atoms with Crippen LogP contribution in [0.3, 0.4) is 0 Å². The van der Waals surface area contributed by atoms with E-state index >= 15 is 0 Å². The SMILES string of the molecule is CCn1nc(CC(C)C)cc1C(=O)NCC1COc2ccccc2O1. The Labute approximate surface area is 148 Å². The van der Waals surface area contributed by atoms with Gasteiger partial charge in [-0.05, 0) is 37.5 Å². The lowest BCUT2D eigenvalue weighted by atomic mass is 10.1. The van der Waals surface area contributed by atoms with Crippen LogP contribution in [0, 0.1) is 5.92 Å². The molecule has 2 heterocycles. The minimum absolute atomic E-state index is 0.133. The molecule has 0 saturated carbocycles. The Bertz CT molecular complexity index is 739. The van der Waals surface area contributed by atoms with E-state index in [0.717, 1.165) is 17.9 Å². The van der Waals surface area contributed by atoms with Gasteiger partial charge in [-0.2, -0.15) is 5.10 Å². The monoisotopic (exact) mass is 343 g/mol. The standard InChI is InChI=1S/C19H25N3O3/c1-4-22-16(10-14(21-22)9-13(2)3)19(23)20-11-15-12-24-17-7-5-6-8-18(17)25-15/h5-8,10,13,15H,4,9,11-12H2,1-3H3,(H,20,23). The van der Waals surface area contributed by atoms with E-state index in [1.54, 1.807) is 4.68 Å². The largest absolute Gasteiger partial charge is 0.486 e. The van der Waals surface area contributed by atoms with Gasteiger partial charge in [-0.3, -0.25) is 9.48 Å². The zero-order valence-electron chi connectivity index (χ0n) is 15.0. The average Bonchev–Trinajstić information content (AvgIpc) is 3.01. The van der Waals surface area contributed by atoms with Gasteiger partial charge in [0.25, 0.3) is 5.91 Å². The summed E-state index contributed by atoms with van der Waals surface area (Å²) < 4.78 is 13.3. The van der Waals surface area contributed by atoms with E-state index in [1.807, 2.05) is 37.3 Å². The molecule has 0 fully saturated rings. The van der Waals surface area contributed by atoms with Gasteiger partial charge in [0.1, 0.15) is 18.4 Å². The highest BCUT2D eigenvalue weighted by molar-refractivity contribution is 5.92. The van der Waals surface area contributed by atoms with E-state index in [1.165, 1.54) is 0 Å². The van der Waals surface area contributed by atoms with Crippen molar-refractivity contribution in [2.24, 2.45) is 5.92 Å². The Morgan fingerprint density at radius 1 is 1.36 bits per heavy atom. The van der Waals surface area contributed by atoms with Gasteiger partial charge in [0.2, 0.25) is 0 Å². The fourth-order valence-corrected chi connectivity index (χ4v) is 2.87. The number of hydrogen-bond donors (Lipinski definition) is 1. The van der Waals surface area contributed by atoms with Crippen LogP contribution in [-0.2, 0) is 13.0 Å². The van der Waals surface area contributed by atoms with E-state index in [-0.39, 0.29) is 12.0 Å². The maximum atomic E-state index is 12.5. The molecule has 0 radical (unpaired) electrons. The fourth-order valence-electron chi connectivity index (χ4n) is 2.87. The Kier molecular flexibility index (Phi) is 5.26. The molecule has 1 aliphatic rings. The first-order valence-electron chi connectivity index (χ1n) is 8.80. The summed E-state index contributed by atoms with van der Waals surface area (Å²) in [7, 11) is 0. The summed E-state index contributed by atoms with van der Waals surface area (Å²) in [6, 6.07) is 9.43. The molecular formula is C19H25N3O3. The highest BCUT2D eigenvalue weighted by Gasteiger charge is 2.22. The van der Waals surface area contributed by atoms with Crippen LogP contribution in [0.5, 0.6) is 11.5 Å². The van der Waals surface area contributed by atoms with E-state index in [0.29, 0.717) is 37.1 Å². The third kappa shape index (κ3) is 4.13. The summed E-state index contributed by atoms with van der Waals surface area (Å²) in [6.45, 7) is 7.74. The van der Waals surface area contributed by atoms with Crippen molar-refractivity contribution in [2.45, 2.75) is 39.8 Å². The molecular weight excluding hydrogens is 318 g/mol. The molecule has 134 valence electrons. The number of amides is 1. The van der Waals surface area contributed by atoms with Crippen LogP contribution in [-0.4, -0.2) is 34.9 Å². The van der Waals surface area contributed by atoms with Crippen molar-refractivity contribution < 1.29 is 14.3 Å². The molecule has 2 aromatic rings. The fraction of sp³-hybridized carbons (Fsp3) is 0.474. The van der Waals surface area contributed by atoms with E-state index in [4.69, 9.17) is 9.47 Å². The molecule has 1 aliphatic heterocycles. The van der Waals surface area contributed by atoms with Gasteiger partial charge in [-0.25, -0.2) is 0 Å². The molecule has 6 heteroatoms. The highest BCUT2D eigenvalue weighted by Crippen LogP contribution is 2.30. The number of rotatable bonds is 6. The third-order valence-electron chi connectivity index (χ3n) is 4.04. The average molecular weight is 343 g/mol. The summed E-state index contributed by atoms with van der Waals surface area (Å²) in [6.07, 6.45) is 0.663. The highest BCUT2D eigenvalue weighted by atomic mass is 16.6. The molecule has 1 unspecified atom stereocenters. The zero-order valence-corrected chi connectivity index (χ0v) is 15.0. The van der Waals surface area contributed by atoms with Crippen LogP contribution in [0.25, 0.3) is 0 Å². The topological polar surface area (TPSA) is 65.4 Å². The van der Waals surface area contributed by atoms with Crippen molar-refractivity contribution in [3.63, 3.8) is 0 Å². The zero-order chi connectivity index (χ0) is 17.8. The van der Waals surface area contributed by atoms with Crippen LogP contribution >= 0.6 is 0 Å². The molecule has 3 rings (SSSR count). The number of nitrogens with zero attached hydrogens (tertiary/aromatic N) is 2. The van der Waals surface area contributed by atoms with Crippen LogP contribution < -0.4 is 14.8 Å². The van der Waals surface area contributed by atoms with E-state index in [2.05, 4.69) is 24.3 Å². The van der Waals surface area contributed by atoms with Gasteiger partial charge < -0.3 is 14.8 Å². The van der Waals surface area contributed by atoms with Crippen molar-refractivity contribution in [3.05, 3.63) is 41.7 Å². The quantitative estimate of drug-likeness (QED) is 0.876. The van der Waals surface area contributed by atoms with Crippen molar-refractivity contribution in [2.75, 3.05) is 13.2 Å². The molecule has 0 spiro atoms. The number of benzene rings is 1. The van der Waals surface area contributed by atoms with Crippen molar-refractivity contribution in [3.8, 4) is 11.5 Å². The van der Waals surface area contributed by atoms with Crippen LogP contribution in [0.15, 0.2) is 30.3 Å². The van der Waals surface area contributed by atoms with Crippen LogP contribution in [0.1, 0.15) is 37.0 Å². The summed E-state index contributed by atoms with van der Waals surface area (Å²) in [5.74, 6) is 1.83. The second-order valence-corrected chi connectivity index (χ2v) is 6.64. The van der Waals surface area contributed by atoms with Crippen LogP contribution in [0.2, 0.25) is 0 Å². The number of nitrogens with one attached hydrogen (secondary N) is 1. The molecule has 1 N–H and O–H groups in total. The number of ether oxygens (including phenoxy) is 2. The number of carbonyl (C=O) groups is 1. The first-order valence-corrected chi connectivity index (χ1v) is 8.80. The summed E-state index contributed by atoms with van der Waals surface area (Å²) in [4.78, 5) is 12.5. The normalized spacial score (nSPS) is 16.1. The number of aromatic nitrogens is 2. The summed E-state index contributed by atoms with van der Waals surface area (Å²) >= 11 is 0. The molecule has 1 aromatic carbocycles. The number of aryl methyl sites for hydroxylation is 1. The predicted octanol–water partition coefficient (Wildman–Crippen LogP) is 2.67. The second kappa shape index (κ2) is 7.59. The lowest BCUT2D eigenvalue weighted by molar-refractivity contribution is 0.0783. The molecule has 0 saturated heterocycles. The van der Waals surface area contributed by atoms with Gasteiger partial charge in [0.15, 0.2) is 11.5 Å². The van der Waals surface area contributed by atoms with Gasteiger partial charge in [0.05, 0.1) is 12.2 Å². The lowest BCUT2D eigenvalue weighted by Crippen LogP contribution is -2.41.